The second-order valence-corrected chi connectivity index (χ2v) is 6.64. The van der Waals surface area contributed by atoms with Gasteiger partial charge in [-0.25, -0.2) is 0 Å². The molecule has 5 heteroatoms. The summed E-state index contributed by atoms with van der Waals surface area (Å²) in [6.45, 7) is 3.11. The van der Waals surface area contributed by atoms with Crippen LogP contribution in [0, 0.1) is 12.8 Å². The van der Waals surface area contributed by atoms with Crippen molar-refractivity contribution in [1.29, 1.82) is 0 Å². The zero-order chi connectivity index (χ0) is 18.4. The van der Waals surface area contributed by atoms with Crippen molar-refractivity contribution in [3.63, 3.8) is 0 Å². The number of rotatable bonds is 5. The molecule has 1 aliphatic rings. The first kappa shape index (κ1) is 18.0. The second kappa shape index (κ2) is 8.52. The highest BCUT2D eigenvalue weighted by atomic mass is 16.5. The smallest absolute Gasteiger partial charge is 0.260 e. The Morgan fingerprint density at radius 3 is 2.58 bits per heavy atom. The van der Waals surface area contributed by atoms with Crippen LogP contribution in [0.5, 0.6) is 5.75 Å². The van der Waals surface area contributed by atoms with Crippen molar-refractivity contribution in [2.24, 2.45) is 5.92 Å². The van der Waals surface area contributed by atoms with E-state index in [1.54, 1.807) is 4.90 Å². The first-order valence-electron chi connectivity index (χ1n) is 8.95. The zero-order valence-corrected chi connectivity index (χ0v) is 15.0. The van der Waals surface area contributed by atoms with Gasteiger partial charge < -0.3 is 15.0 Å². The number of hydrogen-bond acceptors (Lipinski definition) is 3. The lowest BCUT2D eigenvalue weighted by atomic mass is 9.97. The third-order valence-corrected chi connectivity index (χ3v) is 4.57. The van der Waals surface area contributed by atoms with Crippen LogP contribution in [-0.4, -0.2) is 36.4 Å². The van der Waals surface area contributed by atoms with Crippen LogP contribution < -0.4 is 10.1 Å². The summed E-state index contributed by atoms with van der Waals surface area (Å²) in [5, 5.41) is 2.93. The van der Waals surface area contributed by atoms with Gasteiger partial charge in [0.2, 0.25) is 5.91 Å². The number of nitrogens with one attached hydrogen (secondary N) is 1. The summed E-state index contributed by atoms with van der Waals surface area (Å²) in [5.74, 6) is 0.377. The Kier molecular flexibility index (Phi) is 5.89. The summed E-state index contributed by atoms with van der Waals surface area (Å²) < 4.78 is 5.58. The molecule has 5 nitrogen and oxygen atoms in total. The molecule has 1 aliphatic heterocycles. The van der Waals surface area contributed by atoms with Crippen LogP contribution in [0.3, 0.4) is 0 Å². The number of ether oxygens (including phenoxy) is 1. The standard InChI is InChI=1S/C21H24N2O3/c1-16-9-11-19(12-10-16)26-15-20(24)23-13-5-6-17(14-23)21(25)22-18-7-3-2-4-8-18/h2-4,7-12,17H,5-6,13-15H2,1H3,(H,22,25)/t17-/m0/s1. The van der Waals surface area contributed by atoms with Crippen LogP contribution >= 0.6 is 0 Å². The Balaban J connectivity index is 1.51. The maximum absolute atomic E-state index is 12.5. The average Bonchev–Trinajstić information content (AvgIpc) is 2.68. The number of carbonyl (C=O) groups is 2. The molecule has 0 unspecified atom stereocenters. The van der Waals surface area contributed by atoms with Gasteiger partial charge >= 0.3 is 0 Å². The van der Waals surface area contributed by atoms with E-state index in [1.165, 1.54) is 0 Å². The SMILES string of the molecule is Cc1ccc(OCC(=O)N2CCC[C@H](C(=O)Nc3ccccc3)C2)cc1. The monoisotopic (exact) mass is 352 g/mol. The summed E-state index contributed by atoms with van der Waals surface area (Å²) in [6.07, 6.45) is 1.62. The molecule has 1 fully saturated rings. The molecular weight excluding hydrogens is 328 g/mol. The highest BCUT2D eigenvalue weighted by Gasteiger charge is 2.28. The molecule has 1 heterocycles. The maximum Gasteiger partial charge on any atom is 0.260 e. The van der Waals surface area contributed by atoms with Crippen LogP contribution in [0.4, 0.5) is 5.69 Å². The number of piperidine rings is 1. The number of benzene rings is 2. The first-order chi connectivity index (χ1) is 12.6. The molecule has 2 aromatic carbocycles. The van der Waals surface area contributed by atoms with Crippen LogP contribution in [0.15, 0.2) is 54.6 Å². The number of carbonyl (C=O) groups excluding carboxylic acids is 2. The molecule has 0 bridgehead atoms. The van der Waals surface area contributed by atoms with Crippen molar-refractivity contribution in [3.05, 3.63) is 60.2 Å². The molecule has 0 radical (unpaired) electrons. The fourth-order valence-corrected chi connectivity index (χ4v) is 3.05. The van der Waals surface area contributed by atoms with E-state index >= 15 is 0 Å². The Morgan fingerprint density at radius 1 is 1.12 bits per heavy atom. The van der Waals surface area contributed by atoms with E-state index < -0.39 is 0 Å². The molecule has 1 atom stereocenters. The zero-order valence-electron chi connectivity index (χ0n) is 15.0. The van der Waals surface area contributed by atoms with E-state index in [0.717, 1.165) is 24.1 Å². The summed E-state index contributed by atoms with van der Waals surface area (Å²) in [5.41, 5.74) is 1.93. The van der Waals surface area contributed by atoms with Gasteiger partial charge in [-0.3, -0.25) is 9.59 Å². The molecule has 1 N–H and O–H groups in total. The molecule has 136 valence electrons. The first-order valence-corrected chi connectivity index (χ1v) is 8.95. The van der Waals surface area contributed by atoms with Gasteiger partial charge in [0, 0.05) is 18.8 Å². The van der Waals surface area contributed by atoms with Crippen molar-refractivity contribution >= 4 is 17.5 Å². The van der Waals surface area contributed by atoms with Crippen molar-refractivity contribution in [1.82, 2.24) is 4.90 Å². The Morgan fingerprint density at radius 2 is 1.85 bits per heavy atom. The summed E-state index contributed by atoms with van der Waals surface area (Å²) >= 11 is 0. The lowest BCUT2D eigenvalue weighted by Crippen LogP contribution is -2.45. The topological polar surface area (TPSA) is 58.6 Å². The second-order valence-electron chi connectivity index (χ2n) is 6.64. The van der Waals surface area contributed by atoms with Gasteiger partial charge in [-0.15, -0.1) is 0 Å². The van der Waals surface area contributed by atoms with Gasteiger partial charge in [0.15, 0.2) is 6.61 Å². The summed E-state index contributed by atoms with van der Waals surface area (Å²) in [4.78, 5) is 26.6. The molecule has 26 heavy (non-hydrogen) atoms. The van der Waals surface area contributed by atoms with Gasteiger partial charge in [-0.2, -0.15) is 0 Å². The minimum atomic E-state index is -0.188. The van der Waals surface area contributed by atoms with Gasteiger partial charge in [0.25, 0.3) is 5.91 Å². The maximum atomic E-state index is 12.5. The van der Waals surface area contributed by atoms with E-state index in [-0.39, 0.29) is 24.3 Å². The van der Waals surface area contributed by atoms with Crippen molar-refractivity contribution in [2.45, 2.75) is 19.8 Å². The number of likely N-dealkylation sites (tertiary alicyclic amines) is 1. The minimum Gasteiger partial charge on any atom is -0.484 e. The number of amides is 2. The Labute approximate surface area is 154 Å². The summed E-state index contributed by atoms with van der Waals surface area (Å²) in [7, 11) is 0. The van der Waals surface area contributed by atoms with E-state index in [0.29, 0.717) is 18.8 Å². The van der Waals surface area contributed by atoms with Gasteiger partial charge in [-0.05, 0) is 44.0 Å². The van der Waals surface area contributed by atoms with E-state index in [2.05, 4.69) is 5.32 Å². The van der Waals surface area contributed by atoms with Crippen molar-refractivity contribution in [2.75, 3.05) is 25.0 Å². The van der Waals surface area contributed by atoms with E-state index in [1.807, 2.05) is 61.5 Å². The van der Waals surface area contributed by atoms with Crippen molar-refractivity contribution < 1.29 is 14.3 Å². The molecule has 0 spiro atoms. The Bertz CT molecular complexity index is 744. The molecule has 0 saturated carbocycles. The Hall–Kier alpha value is -2.82. The minimum absolute atomic E-state index is 0.00388. The highest BCUT2D eigenvalue weighted by molar-refractivity contribution is 5.93. The normalized spacial score (nSPS) is 16.8. The number of para-hydroxylation sites is 1. The summed E-state index contributed by atoms with van der Waals surface area (Å²) in [6, 6.07) is 17.0. The molecule has 2 aromatic rings. The highest BCUT2D eigenvalue weighted by Crippen LogP contribution is 2.19. The van der Waals surface area contributed by atoms with Crippen LogP contribution in [-0.2, 0) is 9.59 Å². The predicted octanol–water partition coefficient (Wildman–Crippen LogP) is 3.25. The fourth-order valence-electron chi connectivity index (χ4n) is 3.05. The number of nitrogens with zero attached hydrogens (tertiary/aromatic N) is 1. The predicted molar refractivity (Wildman–Crippen MR) is 101 cm³/mol. The van der Waals surface area contributed by atoms with Crippen LogP contribution in [0.25, 0.3) is 0 Å². The molecule has 1 saturated heterocycles. The van der Waals surface area contributed by atoms with Gasteiger partial charge in [0.1, 0.15) is 5.75 Å². The number of hydrogen-bond donors (Lipinski definition) is 1. The number of aryl methyl sites for hydroxylation is 1. The molecule has 0 aliphatic carbocycles. The lowest BCUT2D eigenvalue weighted by molar-refractivity contribution is -0.136. The molecule has 3 rings (SSSR count). The van der Waals surface area contributed by atoms with Gasteiger partial charge in [0.05, 0.1) is 5.92 Å². The molecule has 2 amide bonds. The third-order valence-electron chi connectivity index (χ3n) is 4.57. The van der Waals surface area contributed by atoms with Crippen molar-refractivity contribution in [3.8, 4) is 5.75 Å². The fraction of sp³-hybridized carbons (Fsp3) is 0.333. The van der Waals surface area contributed by atoms with Crippen LogP contribution in [0.1, 0.15) is 18.4 Å². The largest absolute Gasteiger partial charge is 0.484 e. The average molecular weight is 352 g/mol. The molecule has 0 aromatic heterocycles. The quantitative estimate of drug-likeness (QED) is 0.899. The van der Waals surface area contributed by atoms with Crippen LogP contribution in [0.2, 0.25) is 0 Å². The third kappa shape index (κ3) is 4.85. The van der Waals surface area contributed by atoms with E-state index in [4.69, 9.17) is 4.74 Å². The lowest BCUT2D eigenvalue weighted by Gasteiger charge is -2.32. The van der Waals surface area contributed by atoms with E-state index in [9.17, 15) is 9.59 Å². The van der Waals surface area contributed by atoms with Gasteiger partial charge in [-0.1, -0.05) is 35.9 Å². The molecular formula is C21H24N2O3. The number of anilines is 1.